The first-order valence-corrected chi connectivity index (χ1v) is 12.3. The van der Waals surface area contributed by atoms with Crippen molar-refractivity contribution in [2.75, 3.05) is 31.8 Å². The number of rotatable bonds is 11. The number of aliphatic hydroxyl groups excluding tert-OH is 1. The molecule has 2 unspecified atom stereocenters. The summed E-state index contributed by atoms with van der Waals surface area (Å²) >= 11 is 0. The standard InChI is InChI=1S/C27H34N2O7/c1-5-7-15-35-26(33)21-20-12-13-27(36-20)22(21)24(31)29(17(3)16-30)23(27)25(32)28(14-6-2)18-8-10-19(34-4)11-9-18/h5-6,8-11,17,20-23,30H,1-2,7,12-16H2,3-4H3/t17-,20-,21+,22+,23?,27?/m1/s1. The van der Waals surface area contributed by atoms with Crippen LogP contribution in [0.25, 0.3) is 0 Å². The van der Waals surface area contributed by atoms with E-state index >= 15 is 0 Å². The highest BCUT2D eigenvalue weighted by Gasteiger charge is 2.75. The van der Waals surface area contributed by atoms with Gasteiger partial charge in [-0.15, -0.1) is 13.2 Å². The van der Waals surface area contributed by atoms with Crippen LogP contribution in [-0.2, 0) is 23.9 Å². The van der Waals surface area contributed by atoms with E-state index in [0.29, 0.717) is 30.7 Å². The summed E-state index contributed by atoms with van der Waals surface area (Å²) in [6.07, 6.45) is 4.27. The van der Waals surface area contributed by atoms with Crippen LogP contribution in [0.3, 0.4) is 0 Å². The molecule has 1 N–H and O–H groups in total. The number of fused-ring (bicyclic) bond motifs is 1. The Labute approximate surface area is 211 Å². The molecule has 0 aliphatic carbocycles. The molecule has 0 aromatic heterocycles. The number of likely N-dealkylation sites (tertiary alicyclic amines) is 1. The van der Waals surface area contributed by atoms with Crippen molar-refractivity contribution in [2.24, 2.45) is 11.8 Å². The van der Waals surface area contributed by atoms with Crippen LogP contribution in [0.2, 0.25) is 0 Å². The molecule has 9 heteroatoms. The largest absolute Gasteiger partial charge is 0.497 e. The van der Waals surface area contributed by atoms with Gasteiger partial charge in [-0.2, -0.15) is 0 Å². The van der Waals surface area contributed by atoms with Crippen molar-refractivity contribution in [1.82, 2.24) is 4.90 Å². The topological polar surface area (TPSA) is 106 Å². The van der Waals surface area contributed by atoms with Gasteiger partial charge < -0.3 is 29.1 Å². The number of aliphatic hydroxyl groups is 1. The summed E-state index contributed by atoms with van der Waals surface area (Å²) in [6.45, 7) is 9.16. The van der Waals surface area contributed by atoms with E-state index in [-0.39, 0.29) is 31.6 Å². The molecule has 1 aromatic rings. The van der Waals surface area contributed by atoms with Crippen LogP contribution in [0, 0.1) is 11.8 Å². The maximum Gasteiger partial charge on any atom is 0.312 e. The number of carbonyl (C=O) groups is 3. The molecule has 2 bridgehead atoms. The summed E-state index contributed by atoms with van der Waals surface area (Å²) in [5.41, 5.74) is -0.562. The fourth-order valence-corrected chi connectivity index (χ4v) is 5.90. The molecule has 9 nitrogen and oxygen atoms in total. The molecule has 0 radical (unpaired) electrons. The summed E-state index contributed by atoms with van der Waals surface area (Å²) in [6, 6.07) is 5.38. The van der Waals surface area contributed by atoms with Gasteiger partial charge in [-0.3, -0.25) is 14.4 Å². The number of carbonyl (C=O) groups excluding carboxylic acids is 3. The van der Waals surface area contributed by atoms with Crippen molar-refractivity contribution in [3.8, 4) is 5.75 Å². The van der Waals surface area contributed by atoms with Gasteiger partial charge in [0.1, 0.15) is 17.4 Å². The highest BCUT2D eigenvalue weighted by atomic mass is 16.6. The van der Waals surface area contributed by atoms with E-state index in [9.17, 15) is 19.5 Å². The fourth-order valence-electron chi connectivity index (χ4n) is 5.90. The van der Waals surface area contributed by atoms with Crippen LogP contribution in [0.5, 0.6) is 5.75 Å². The molecular weight excluding hydrogens is 464 g/mol. The van der Waals surface area contributed by atoms with Gasteiger partial charge in [0.15, 0.2) is 0 Å². The first-order valence-electron chi connectivity index (χ1n) is 12.3. The lowest BCUT2D eigenvalue weighted by molar-refractivity contribution is -0.155. The summed E-state index contributed by atoms with van der Waals surface area (Å²) in [5.74, 6) is -2.21. The lowest BCUT2D eigenvalue weighted by atomic mass is 9.70. The minimum Gasteiger partial charge on any atom is -0.497 e. The number of benzene rings is 1. The van der Waals surface area contributed by atoms with Crippen LogP contribution >= 0.6 is 0 Å². The van der Waals surface area contributed by atoms with Crippen molar-refractivity contribution in [3.63, 3.8) is 0 Å². The quantitative estimate of drug-likeness (QED) is 0.283. The number of hydrogen-bond donors (Lipinski definition) is 1. The number of methoxy groups -OCH3 is 1. The van der Waals surface area contributed by atoms with Gasteiger partial charge in [-0.25, -0.2) is 0 Å². The maximum atomic E-state index is 14.2. The molecule has 4 rings (SSSR count). The monoisotopic (exact) mass is 498 g/mol. The van der Waals surface area contributed by atoms with Crippen LogP contribution in [-0.4, -0.2) is 78.4 Å². The van der Waals surface area contributed by atoms with Crippen LogP contribution < -0.4 is 9.64 Å². The van der Waals surface area contributed by atoms with Crippen LogP contribution in [0.1, 0.15) is 26.2 Å². The number of ether oxygens (including phenoxy) is 3. The van der Waals surface area contributed by atoms with Gasteiger partial charge >= 0.3 is 5.97 Å². The smallest absolute Gasteiger partial charge is 0.312 e. The second-order valence-corrected chi connectivity index (χ2v) is 9.51. The van der Waals surface area contributed by atoms with Crippen LogP contribution in [0.4, 0.5) is 5.69 Å². The summed E-state index contributed by atoms with van der Waals surface area (Å²) in [5, 5.41) is 9.99. The third-order valence-electron chi connectivity index (χ3n) is 7.51. The molecule has 1 spiro atoms. The van der Waals surface area contributed by atoms with Gasteiger partial charge in [0, 0.05) is 12.2 Å². The number of anilines is 1. The average molecular weight is 499 g/mol. The predicted octanol–water partition coefficient (Wildman–Crippen LogP) is 2.09. The Balaban J connectivity index is 1.73. The number of amides is 2. The van der Waals surface area contributed by atoms with E-state index in [1.165, 1.54) is 4.90 Å². The molecule has 194 valence electrons. The Morgan fingerprint density at radius 1 is 1.31 bits per heavy atom. The van der Waals surface area contributed by atoms with E-state index < -0.39 is 41.6 Å². The van der Waals surface area contributed by atoms with Crippen molar-refractivity contribution in [2.45, 2.75) is 50.0 Å². The molecule has 6 atom stereocenters. The number of hydrogen-bond acceptors (Lipinski definition) is 7. The molecule has 2 amide bonds. The van der Waals surface area contributed by atoms with Gasteiger partial charge in [-0.1, -0.05) is 12.2 Å². The zero-order chi connectivity index (χ0) is 26.0. The number of nitrogens with zero attached hydrogens (tertiary/aromatic N) is 2. The number of esters is 1. The summed E-state index contributed by atoms with van der Waals surface area (Å²) < 4.78 is 17.1. The molecular formula is C27H34N2O7. The van der Waals surface area contributed by atoms with Crippen LogP contribution in [0.15, 0.2) is 49.6 Å². The molecule has 0 saturated carbocycles. The zero-order valence-corrected chi connectivity index (χ0v) is 20.8. The fraction of sp³-hybridized carbons (Fsp3) is 0.519. The van der Waals surface area contributed by atoms with Crippen molar-refractivity contribution in [1.29, 1.82) is 0 Å². The SMILES string of the molecule is C=CCCOC(=O)[C@@H]1[C@H]2C(=O)N([C@H](C)CO)C(C(=O)N(CC=C)c3ccc(OC)cc3)C23CC[C@H]1O3. The van der Waals surface area contributed by atoms with Gasteiger partial charge in [0.05, 0.1) is 44.3 Å². The van der Waals surface area contributed by atoms with E-state index in [1.807, 2.05) is 0 Å². The third kappa shape index (κ3) is 4.10. The van der Waals surface area contributed by atoms with Gasteiger partial charge in [-0.05, 0) is 50.5 Å². The van der Waals surface area contributed by atoms with E-state index in [4.69, 9.17) is 14.2 Å². The van der Waals surface area contributed by atoms with E-state index in [2.05, 4.69) is 13.2 Å². The Morgan fingerprint density at radius 2 is 2.03 bits per heavy atom. The minimum absolute atomic E-state index is 0.170. The second kappa shape index (κ2) is 10.4. The van der Waals surface area contributed by atoms with E-state index in [0.717, 1.165) is 0 Å². The summed E-state index contributed by atoms with van der Waals surface area (Å²) in [7, 11) is 1.56. The van der Waals surface area contributed by atoms with Crippen molar-refractivity contribution >= 4 is 23.5 Å². The minimum atomic E-state index is -1.17. The molecule has 3 saturated heterocycles. The predicted molar refractivity (Wildman–Crippen MR) is 132 cm³/mol. The first kappa shape index (κ1) is 25.9. The molecule has 3 aliphatic rings. The molecule has 36 heavy (non-hydrogen) atoms. The average Bonchev–Trinajstić information content (AvgIpc) is 3.54. The lowest BCUT2D eigenvalue weighted by Crippen LogP contribution is -2.58. The van der Waals surface area contributed by atoms with E-state index in [1.54, 1.807) is 55.4 Å². The Hall–Kier alpha value is -3.17. The summed E-state index contributed by atoms with van der Waals surface area (Å²) in [4.78, 5) is 44.1. The first-order chi connectivity index (χ1) is 17.3. The second-order valence-electron chi connectivity index (χ2n) is 9.51. The Morgan fingerprint density at radius 3 is 2.64 bits per heavy atom. The third-order valence-corrected chi connectivity index (χ3v) is 7.51. The molecule has 3 fully saturated rings. The Bertz CT molecular complexity index is 1030. The Kier molecular flexibility index (Phi) is 7.51. The van der Waals surface area contributed by atoms with Gasteiger partial charge in [0.2, 0.25) is 5.91 Å². The molecule has 1 aromatic carbocycles. The normalized spacial score (nSPS) is 29.0. The highest BCUT2D eigenvalue weighted by molar-refractivity contribution is 6.04. The van der Waals surface area contributed by atoms with Gasteiger partial charge in [0.25, 0.3) is 5.91 Å². The lowest BCUT2D eigenvalue weighted by Gasteiger charge is -2.38. The molecule has 3 aliphatic heterocycles. The highest BCUT2D eigenvalue weighted by Crippen LogP contribution is 2.59. The van der Waals surface area contributed by atoms with Crippen molar-refractivity contribution < 1.29 is 33.7 Å². The molecule has 3 heterocycles. The van der Waals surface area contributed by atoms with Crippen molar-refractivity contribution in [3.05, 3.63) is 49.6 Å². The maximum absolute atomic E-state index is 14.2. The zero-order valence-electron chi connectivity index (χ0n) is 20.8.